The highest BCUT2D eigenvalue weighted by molar-refractivity contribution is 5.45. The standard InChI is InChI=1S/C20H22O2/c1-2-13-6-8-14(9-7-13)20-17-5-3-4-16(17)18-12-15(21)10-11-19(18)22-20/h6-12,16-17,20-21H,2-5H2,1H3/t16-,17+,20+/m0/s1. The highest BCUT2D eigenvalue weighted by Crippen LogP contribution is 2.54. The highest BCUT2D eigenvalue weighted by atomic mass is 16.5. The van der Waals surface area contributed by atoms with Crippen molar-refractivity contribution in [2.45, 2.75) is 44.6 Å². The molecule has 0 aromatic heterocycles. The monoisotopic (exact) mass is 294 g/mol. The van der Waals surface area contributed by atoms with Crippen molar-refractivity contribution < 1.29 is 9.84 Å². The third-order valence-electron chi connectivity index (χ3n) is 5.32. The Morgan fingerprint density at radius 2 is 1.91 bits per heavy atom. The van der Waals surface area contributed by atoms with Crippen molar-refractivity contribution in [1.82, 2.24) is 0 Å². The number of rotatable bonds is 2. The van der Waals surface area contributed by atoms with Crippen LogP contribution in [0.3, 0.4) is 0 Å². The van der Waals surface area contributed by atoms with Gasteiger partial charge in [-0.15, -0.1) is 0 Å². The first-order valence-corrected chi connectivity index (χ1v) is 8.34. The smallest absolute Gasteiger partial charge is 0.127 e. The van der Waals surface area contributed by atoms with E-state index >= 15 is 0 Å². The summed E-state index contributed by atoms with van der Waals surface area (Å²) in [5.41, 5.74) is 3.85. The van der Waals surface area contributed by atoms with Crippen LogP contribution in [-0.2, 0) is 6.42 Å². The largest absolute Gasteiger partial charge is 0.508 e. The van der Waals surface area contributed by atoms with E-state index in [1.807, 2.05) is 12.1 Å². The Kier molecular flexibility index (Phi) is 3.33. The summed E-state index contributed by atoms with van der Waals surface area (Å²) in [7, 11) is 0. The summed E-state index contributed by atoms with van der Waals surface area (Å²) in [6.45, 7) is 2.18. The lowest BCUT2D eigenvalue weighted by molar-refractivity contribution is 0.104. The molecule has 3 atom stereocenters. The predicted octanol–water partition coefficient (Wildman–Crippen LogP) is 4.97. The lowest BCUT2D eigenvalue weighted by atomic mass is 9.80. The Balaban J connectivity index is 1.73. The fraction of sp³-hybridized carbons (Fsp3) is 0.400. The van der Waals surface area contributed by atoms with E-state index in [-0.39, 0.29) is 6.10 Å². The van der Waals surface area contributed by atoms with Gasteiger partial charge in [0.05, 0.1) is 0 Å². The molecule has 1 aliphatic heterocycles. The van der Waals surface area contributed by atoms with Crippen LogP contribution in [0, 0.1) is 5.92 Å². The van der Waals surface area contributed by atoms with E-state index in [9.17, 15) is 5.11 Å². The van der Waals surface area contributed by atoms with Gasteiger partial charge in [-0.3, -0.25) is 0 Å². The van der Waals surface area contributed by atoms with Crippen LogP contribution in [0.5, 0.6) is 11.5 Å². The second-order valence-corrected chi connectivity index (χ2v) is 6.56. The fourth-order valence-electron chi connectivity index (χ4n) is 4.15. The summed E-state index contributed by atoms with van der Waals surface area (Å²) in [6, 6.07) is 14.4. The van der Waals surface area contributed by atoms with Crippen LogP contribution in [0.25, 0.3) is 0 Å². The number of fused-ring (bicyclic) bond motifs is 3. The molecule has 1 heterocycles. The third kappa shape index (κ3) is 2.18. The van der Waals surface area contributed by atoms with Crippen LogP contribution in [0.15, 0.2) is 42.5 Å². The average Bonchev–Trinajstić information content (AvgIpc) is 3.04. The molecule has 22 heavy (non-hydrogen) atoms. The zero-order valence-electron chi connectivity index (χ0n) is 13.0. The molecular formula is C20H22O2. The van der Waals surface area contributed by atoms with Gasteiger partial charge >= 0.3 is 0 Å². The molecule has 0 bridgehead atoms. The van der Waals surface area contributed by atoms with Crippen molar-refractivity contribution in [2.24, 2.45) is 5.92 Å². The second-order valence-electron chi connectivity index (χ2n) is 6.56. The Hall–Kier alpha value is -1.96. The summed E-state index contributed by atoms with van der Waals surface area (Å²) < 4.78 is 6.35. The molecule has 0 spiro atoms. The molecule has 2 heteroatoms. The lowest BCUT2D eigenvalue weighted by Gasteiger charge is -2.36. The maximum atomic E-state index is 9.79. The van der Waals surface area contributed by atoms with Gasteiger partial charge in [-0.1, -0.05) is 37.6 Å². The summed E-state index contributed by atoms with van der Waals surface area (Å²) in [6.07, 6.45) is 4.88. The molecule has 114 valence electrons. The Bertz CT molecular complexity index is 675. The zero-order chi connectivity index (χ0) is 15.1. The zero-order valence-corrected chi connectivity index (χ0v) is 13.0. The van der Waals surface area contributed by atoms with Gasteiger partial charge in [0.1, 0.15) is 17.6 Å². The van der Waals surface area contributed by atoms with Crippen molar-refractivity contribution >= 4 is 0 Å². The van der Waals surface area contributed by atoms with Gasteiger partial charge in [-0.25, -0.2) is 0 Å². The molecule has 0 unspecified atom stereocenters. The van der Waals surface area contributed by atoms with Gasteiger partial charge in [0.2, 0.25) is 0 Å². The normalized spacial score (nSPS) is 26.1. The van der Waals surface area contributed by atoms with Crippen LogP contribution in [0.2, 0.25) is 0 Å². The summed E-state index contributed by atoms with van der Waals surface area (Å²) in [4.78, 5) is 0. The number of ether oxygens (including phenoxy) is 1. The minimum absolute atomic E-state index is 0.149. The molecule has 2 nitrogen and oxygen atoms in total. The van der Waals surface area contributed by atoms with Crippen LogP contribution < -0.4 is 4.74 Å². The van der Waals surface area contributed by atoms with Crippen molar-refractivity contribution in [3.63, 3.8) is 0 Å². The van der Waals surface area contributed by atoms with Gasteiger partial charge in [0.15, 0.2) is 0 Å². The van der Waals surface area contributed by atoms with E-state index in [0.29, 0.717) is 17.6 Å². The predicted molar refractivity (Wildman–Crippen MR) is 87.4 cm³/mol. The number of phenolic OH excluding ortho intramolecular Hbond substituents is 1. The molecular weight excluding hydrogens is 272 g/mol. The average molecular weight is 294 g/mol. The number of phenols is 1. The van der Waals surface area contributed by atoms with Gasteiger partial charge in [0.25, 0.3) is 0 Å². The fourth-order valence-corrected chi connectivity index (χ4v) is 4.15. The molecule has 1 saturated carbocycles. The number of hydrogen-bond donors (Lipinski definition) is 1. The molecule has 0 amide bonds. The minimum atomic E-state index is 0.149. The van der Waals surface area contributed by atoms with Gasteiger partial charge < -0.3 is 9.84 Å². The van der Waals surface area contributed by atoms with E-state index in [2.05, 4.69) is 31.2 Å². The van der Waals surface area contributed by atoms with Crippen LogP contribution in [0.1, 0.15) is 54.9 Å². The topological polar surface area (TPSA) is 29.5 Å². The molecule has 0 radical (unpaired) electrons. The van der Waals surface area contributed by atoms with Crippen molar-refractivity contribution in [3.8, 4) is 11.5 Å². The van der Waals surface area contributed by atoms with Crippen molar-refractivity contribution in [3.05, 3.63) is 59.2 Å². The summed E-state index contributed by atoms with van der Waals surface area (Å²) >= 11 is 0. The number of aryl methyl sites for hydroxylation is 1. The van der Waals surface area contributed by atoms with Crippen molar-refractivity contribution in [2.75, 3.05) is 0 Å². The molecule has 0 saturated heterocycles. The Labute approximate surface area is 131 Å². The van der Waals surface area contributed by atoms with E-state index in [1.165, 1.54) is 36.0 Å². The molecule has 2 aromatic carbocycles. The van der Waals surface area contributed by atoms with Gasteiger partial charge in [-0.05, 0) is 54.5 Å². The number of aromatic hydroxyl groups is 1. The van der Waals surface area contributed by atoms with Crippen LogP contribution in [-0.4, -0.2) is 5.11 Å². The van der Waals surface area contributed by atoms with Crippen molar-refractivity contribution in [1.29, 1.82) is 0 Å². The summed E-state index contributed by atoms with van der Waals surface area (Å²) in [5.74, 6) is 2.35. The third-order valence-corrected chi connectivity index (χ3v) is 5.32. The maximum Gasteiger partial charge on any atom is 0.127 e. The number of hydrogen-bond acceptors (Lipinski definition) is 2. The lowest BCUT2D eigenvalue weighted by Crippen LogP contribution is -2.26. The molecule has 1 fully saturated rings. The van der Waals surface area contributed by atoms with E-state index in [4.69, 9.17) is 4.74 Å². The highest BCUT2D eigenvalue weighted by Gasteiger charge is 2.41. The van der Waals surface area contributed by atoms with Gasteiger partial charge in [0, 0.05) is 11.5 Å². The van der Waals surface area contributed by atoms with Crippen LogP contribution in [0.4, 0.5) is 0 Å². The Morgan fingerprint density at radius 1 is 1.09 bits per heavy atom. The molecule has 1 aliphatic carbocycles. The van der Waals surface area contributed by atoms with Gasteiger partial charge in [-0.2, -0.15) is 0 Å². The van der Waals surface area contributed by atoms with E-state index in [1.54, 1.807) is 6.07 Å². The van der Waals surface area contributed by atoms with Crippen LogP contribution >= 0.6 is 0 Å². The molecule has 2 aromatic rings. The minimum Gasteiger partial charge on any atom is -0.508 e. The van der Waals surface area contributed by atoms with E-state index < -0.39 is 0 Å². The molecule has 1 N–H and O–H groups in total. The second kappa shape index (κ2) is 5.35. The quantitative estimate of drug-likeness (QED) is 0.847. The summed E-state index contributed by atoms with van der Waals surface area (Å²) in [5, 5.41) is 9.79. The van der Waals surface area contributed by atoms with E-state index in [0.717, 1.165) is 12.2 Å². The molecule has 4 rings (SSSR count). The maximum absolute atomic E-state index is 9.79. The Morgan fingerprint density at radius 3 is 2.68 bits per heavy atom. The molecule has 2 aliphatic rings. The SMILES string of the molecule is CCc1ccc([C@H]2Oc3ccc(O)cc3[C@H]3CCC[C@H]32)cc1. The first kappa shape index (κ1) is 13.7. The first-order valence-electron chi connectivity index (χ1n) is 8.34. The number of benzene rings is 2. The first-order chi connectivity index (χ1) is 10.8.